The van der Waals surface area contributed by atoms with Gasteiger partial charge in [-0.2, -0.15) is 0 Å². The summed E-state index contributed by atoms with van der Waals surface area (Å²) in [6.07, 6.45) is 16.8. The van der Waals surface area contributed by atoms with Crippen LogP contribution < -0.4 is 10.6 Å². The van der Waals surface area contributed by atoms with Crippen LogP contribution in [0.15, 0.2) is 48.5 Å². The molecule has 0 spiro atoms. The predicted octanol–water partition coefficient (Wildman–Crippen LogP) is 6.07. The van der Waals surface area contributed by atoms with Crippen molar-refractivity contribution in [3.63, 3.8) is 0 Å². The van der Waals surface area contributed by atoms with Crippen molar-refractivity contribution >= 4 is 0 Å². The minimum absolute atomic E-state index is 0.545. The van der Waals surface area contributed by atoms with E-state index in [-0.39, 0.29) is 0 Å². The van der Waals surface area contributed by atoms with E-state index in [1.165, 1.54) is 90.1 Å². The average molecular weight is 455 g/mol. The third-order valence-electron chi connectivity index (χ3n) is 11.1. The van der Waals surface area contributed by atoms with Gasteiger partial charge in [-0.15, -0.1) is 0 Å². The SMILES string of the molecule is c1ccc2c(c1)C[C@H]1NCC[C@@]23CCCC[C@@H]13.c1ccc2c(c1)C[C@H]1NCC[C@@]23CCCC[C@@H]13. The van der Waals surface area contributed by atoms with E-state index in [0.29, 0.717) is 10.8 Å². The van der Waals surface area contributed by atoms with Gasteiger partial charge in [0.05, 0.1) is 0 Å². The van der Waals surface area contributed by atoms with Crippen LogP contribution in [-0.4, -0.2) is 25.2 Å². The molecular weight excluding hydrogens is 412 g/mol. The van der Waals surface area contributed by atoms with Crippen molar-refractivity contribution < 1.29 is 0 Å². The van der Waals surface area contributed by atoms with Crippen LogP contribution in [0.1, 0.15) is 86.5 Å². The molecule has 2 saturated heterocycles. The summed E-state index contributed by atoms with van der Waals surface area (Å²) in [7, 11) is 0. The van der Waals surface area contributed by atoms with Gasteiger partial charge in [0.1, 0.15) is 0 Å². The minimum atomic E-state index is 0.545. The molecule has 2 heterocycles. The number of benzene rings is 2. The fraction of sp³-hybridized carbons (Fsp3) is 0.625. The second-order valence-electron chi connectivity index (χ2n) is 12.4. The molecule has 2 aromatic carbocycles. The number of fused-ring (bicyclic) bond motifs is 2. The van der Waals surface area contributed by atoms with Gasteiger partial charge in [-0.1, -0.05) is 74.2 Å². The topological polar surface area (TPSA) is 24.1 Å². The van der Waals surface area contributed by atoms with Gasteiger partial charge in [0, 0.05) is 22.9 Å². The van der Waals surface area contributed by atoms with Crippen LogP contribution in [0.25, 0.3) is 0 Å². The summed E-state index contributed by atoms with van der Waals surface area (Å²) in [6, 6.07) is 20.0. The Bertz CT molecular complexity index is 953. The summed E-state index contributed by atoms with van der Waals surface area (Å²) in [6.45, 7) is 2.46. The number of nitrogens with one attached hydrogen (secondary N) is 2. The highest BCUT2D eigenvalue weighted by Gasteiger charge is 2.52. The first-order chi connectivity index (χ1) is 16.8. The van der Waals surface area contributed by atoms with E-state index >= 15 is 0 Å². The molecule has 2 heteroatoms. The van der Waals surface area contributed by atoms with Gasteiger partial charge in [-0.05, 0) is 98.5 Å². The van der Waals surface area contributed by atoms with Crippen molar-refractivity contribution in [2.75, 3.05) is 13.1 Å². The van der Waals surface area contributed by atoms with Gasteiger partial charge in [-0.3, -0.25) is 0 Å². The fourth-order valence-electron chi connectivity index (χ4n) is 9.78. The molecule has 0 aromatic heterocycles. The van der Waals surface area contributed by atoms with Crippen molar-refractivity contribution in [2.24, 2.45) is 11.8 Å². The van der Waals surface area contributed by atoms with E-state index in [1.807, 2.05) is 0 Å². The molecule has 4 fully saturated rings. The normalized spacial score (nSPS) is 39.3. The minimum Gasteiger partial charge on any atom is -0.313 e. The highest BCUT2D eigenvalue weighted by Crippen LogP contribution is 2.54. The molecule has 34 heavy (non-hydrogen) atoms. The summed E-state index contributed by atoms with van der Waals surface area (Å²) in [5.41, 5.74) is 7.77. The molecule has 2 N–H and O–H groups in total. The average Bonchev–Trinajstić information content (AvgIpc) is 2.89. The number of hydrogen-bond donors (Lipinski definition) is 2. The Balaban J connectivity index is 0.000000118. The molecule has 0 unspecified atom stereocenters. The summed E-state index contributed by atoms with van der Waals surface area (Å²) in [5.74, 6) is 1.83. The number of piperidine rings is 2. The highest BCUT2D eigenvalue weighted by atomic mass is 15.0. The van der Waals surface area contributed by atoms with Crippen molar-refractivity contribution in [3.05, 3.63) is 70.8 Å². The lowest BCUT2D eigenvalue weighted by Gasteiger charge is -2.56. The van der Waals surface area contributed by atoms with Crippen molar-refractivity contribution in [1.29, 1.82) is 0 Å². The molecular formula is C32H42N2. The van der Waals surface area contributed by atoms with Crippen LogP contribution in [-0.2, 0) is 23.7 Å². The Morgan fingerprint density at radius 3 is 1.53 bits per heavy atom. The molecule has 6 atom stereocenters. The second-order valence-corrected chi connectivity index (χ2v) is 12.4. The van der Waals surface area contributed by atoms with Crippen LogP contribution in [0, 0.1) is 11.8 Å². The molecule has 2 aliphatic heterocycles. The maximum atomic E-state index is 3.79. The highest BCUT2D eigenvalue weighted by molar-refractivity contribution is 5.42. The van der Waals surface area contributed by atoms with Gasteiger partial charge in [-0.25, -0.2) is 0 Å². The van der Waals surface area contributed by atoms with E-state index in [9.17, 15) is 0 Å². The maximum absolute atomic E-state index is 3.79. The summed E-state index contributed by atoms with van der Waals surface area (Å²) in [4.78, 5) is 0. The molecule has 0 radical (unpaired) electrons. The Labute approximate surface area is 206 Å². The summed E-state index contributed by atoms with van der Waals surface area (Å²) >= 11 is 0. The molecule has 2 saturated carbocycles. The van der Waals surface area contributed by atoms with Gasteiger partial charge in [0.2, 0.25) is 0 Å². The zero-order valence-corrected chi connectivity index (χ0v) is 20.8. The van der Waals surface area contributed by atoms with Crippen LogP contribution >= 0.6 is 0 Å². The lowest BCUT2D eigenvalue weighted by atomic mass is 9.53. The number of hydrogen-bond acceptors (Lipinski definition) is 2. The molecule has 8 rings (SSSR count). The Kier molecular flexibility index (Phi) is 5.40. The predicted molar refractivity (Wildman–Crippen MR) is 140 cm³/mol. The van der Waals surface area contributed by atoms with Gasteiger partial charge in [0.15, 0.2) is 0 Å². The van der Waals surface area contributed by atoms with Crippen LogP contribution in [0.5, 0.6) is 0 Å². The Morgan fingerprint density at radius 2 is 1.03 bits per heavy atom. The number of rotatable bonds is 0. The molecule has 4 aliphatic carbocycles. The fourth-order valence-corrected chi connectivity index (χ4v) is 9.78. The Morgan fingerprint density at radius 1 is 0.559 bits per heavy atom. The van der Waals surface area contributed by atoms with Crippen molar-refractivity contribution in [2.45, 2.75) is 100.0 Å². The first kappa shape index (κ1) is 21.6. The molecule has 2 nitrogen and oxygen atoms in total. The molecule has 0 amide bonds. The van der Waals surface area contributed by atoms with Crippen LogP contribution in [0.2, 0.25) is 0 Å². The van der Waals surface area contributed by atoms with Crippen LogP contribution in [0.4, 0.5) is 0 Å². The first-order valence-corrected chi connectivity index (χ1v) is 14.4. The Hall–Kier alpha value is -1.64. The first-order valence-electron chi connectivity index (χ1n) is 14.4. The van der Waals surface area contributed by atoms with Gasteiger partial charge in [0.25, 0.3) is 0 Å². The van der Waals surface area contributed by atoms with E-state index in [2.05, 4.69) is 59.2 Å². The standard InChI is InChI=1S/2C16H21N/c2*1-2-6-13-12(5-1)11-15-14-7-3-4-8-16(13,14)9-10-17-15/h2*1-2,5-6,14-15,17H,3-4,7-11H2/t2*14-,15+,16-/m00/s1. The maximum Gasteiger partial charge on any atom is 0.0144 e. The smallest absolute Gasteiger partial charge is 0.0144 e. The van der Waals surface area contributed by atoms with Crippen LogP contribution in [0.3, 0.4) is 0 Å². The zero-order valence-electron chi connectivity index (χ0n) is 20.8. The van der Waals surface area contributed by atoms with Gasteiger partial charge < -0.3 is 10.6 Å². The summed E-state index contributed by atoms with van der Waals surface area (Å²) in [5, 5.41) is 7.57. The second kappa shape index (κ2) is 8.49. The molecule has 180 valence electrons. The molecule has 4 bridgehead atoms. The summed E-state index contributed by atoms with van der Waals surface area (Å²) < 4.78 is 0. The largest absolute Gasteiger partial charge is 0.313 e. The lowest BCUT2D eigenvalue weighted by Crippen LogP contribution is -2.59. The van der Waals surface area contributed by atoms with Crippen molar-refractivity contribution in [1.82, 2.24) is 10.6 Å². The zero-order chi connectivity index (χ0) is 22.6. The third kappa shape index (κ3) is 3.21. The van der Waals surface area contributed by atoms with E-state index in [4.69, 9.17) is 0 Å². The van der Waals surface area contributed by atoms with E-state index in [0.717, 1.165) is 23.9 Å². The molecule has 6 aliphatic rings. The lowest BCUT2D eigenvalue weighted by molar-refractivity contribution is 0.0797. The van der Waals surface area contributed by atoms with E-state index in [1.54, 1.807) is 22.3 Å². The van der Waals surface area contributed by atoms with Gasteiger partial charge >= 0.3 is 0 Å². The molecule has 2 aromatic rings. The van der Waals surface area contributed by atoms with Crippen molar-refractivity contribution in [3.8, 4) is 0 Å². The quantitative estimate of drug-likeness (QED) is 0.505. The van der Waals surface area contributed by atoms with E-state index < -0.39 is 0 Å². The monoisotopic (exact) mass is 454 g/mol. The third-order valence-corrected chi connectivity index (χ3v) is 11.1.